The van der Waals surface area contributed by atoms with Gasteiger partial charge in [0, 0.05) is 6.16 Å². The van der Waals surface area contributed by atoms with E-state index in [1.165, 1.54) is 83.5 Å². The van der Waals surface area contributed by atoms with Crippen molar-refractivity contribution in [2.75, 3.05) is 6.16 Å². The van der Waals surface area contributed by atoms with Gasteiger partial charge in [-0.15, -0.1) is 0 Å². The summed E-state index contributed by atoms with van der Waals surface area (Å²) in [7, 11) is -3.75. The van der Waals surface area contributed by atoms with Crippen LogP contribution in [0, 0.1) is 0 Å². The molecule has 0 unspecified atom stereocenters. The quantitative estimate of drug-likeness (QED) is 0.187. The Balaban J connectivity index is 0. The van der Waals surface area contributed by atoms with Crippen LogP contribution in [-0.2, 0) is 4.57 Å². The molecule has 0 aliphatic heterocycles. The zero-order valence-corrected chi connectivity index (χ0v) is 18.3. The molecule has 0 bridgehead atoms. The molecular weight excluding hydrogens is 374 g/mol. The van der Waals surface area contributed by atoms with Crippen LogP contribution in [-0.4, -0.2) is 33.0 Å². The Kier molecular flexibility index (Phi) is 21.4. The van der Waals surface area contributed by atoms with Crippen LogP contribution in [0.4, 0.5) is 0 Å². The van der Waals surface area contributed by atoms with Gasteiger partial charge in [-0.05, 0) is 6.42 Å². The van der Waals surface area contributed by atoms with Crippen LogP contribution in [0.3, 0.4) is 0 Å². The average molecular weight is 415 g/mol. The first kappa shape index (κ1) is 25.9. The molecule has 0 saturated heterocycles. The molecule has 0 aromatic heterocycles. The molecule has 5 heteroatoms. The van der Waals surface area contributed by atoms with Gasteiger partial charge in [0.05, 0.1) is 0 Å². The molecule has 23 heavy (non-hydrogen) atoms. The summed E-state index contributed by atoms with van der Waals surface area (Å²) in [5, 5.41) is 0. The third-order valence-corrected chi connectivity index (χ3v) is 5.20. The number of hydrogen-bond donors (Lipinski definition) is 2. The van der Waals surface area contributed by atoms with Crippen molar-refractivity contribution in [1.29, 1.82) is 0 Å². The number of unbranched alkanes of at least 4 members (excludes halogenated alkanes) is 15. The Morgan fingerprint density at radius 1 is 0.565 bits per heavy atom. The molecule has 0 amide bonds. The first-order valence-corrected chi connectivity index (χ1v) is 11.4. The van der Waals surface area contributed by atoms with Gasteiger partial charge in [0.15, 0.2) is 0 Å². The van der Waals surface area contributed by atoms with Gasteiger partial charge in [-0.1, -0.05) is 103 Å². The van der Waals surface area contributed by atoms with Crippen LogP contribution in [0.1, 0.15) is 110 Å². The van der Waals surface area contributed by atoms with Crippen LogP contribution < -0.4 is 0 Å². The van der Waals surface area contributed by atoms with E-state index >= 15 is 0 Å². The SMILES string of the molecule is CCCCCCCCCCCCCCCCCCP(=O)(O)O.[SeH2]. The maximum atomic E-state index is 10.7. The minimum atomic E-state index is -3.75. The predicted molar refractivity (Wildman–Crippen MR) is 105 cm³/mol. The van der Waals surface area contributed by atoms with Crippen LogP contribution in [0.2, 0.25) is 0 Å². The Labute approximate surface area is 155 Å². The molecule has 0 aromatic carbocycles. The fraction of sp³-hybridized carbons (Fsp3) is 1.00. The van der Waals surface area contributed by atoms with E-state index in [9.17, 15) is 4.57 Å². The Morgan fingerprint density at radius 3 is 1.09 bits per heavy atom. The average Bonchev–Trinajstić information content (AvgIpc) is 2.45. The predicted octanol–water partition coefficient (Wildman–Crippen LogP) is 5.51. The van der Waals surface area contributed by atoms with Gasteiger partial charge in [-0.25, -0.2) is 0 Å². The molecule has 0 radical (unpaired) electrons. The van der Waals surface area contributed by atoms with Crippen molar-refractivity contribution in [1.82, 2.24) is 0 Å². The van der Waals surface area contributed by atoms with Crippen molar-refractivity contribution in [3.05, 3.63) is 0 Å². The molecule has 0 aliphatic carbocycles. The first-order chi connectivity index (χ1) is 10.6. The summed E-state index contributed by atoms with van der Waals surface area (Å²) in [6.45, 7) is 2.27. The molecule has 0 saturated carbocycles. The molecule has 0 atom stereocenters. The van der Waals surface area contributed by atoms with E-state index in [0.717, 1.165) is 12.8 Å². The van der Waals surface area contributed by atoms with Crippen LogP contribution in [0.5, 0.6) is 0 Å². The molecule has 3 nitrogen and oxygen atoms in total. The molecule has 0 fully saturated rings. The van der Waals surface area contributed by atoms with Gasteiger partial charge >= 0.3 is 24.7 Å². The molecule has 0 aliphatic rings. The van der Waals surface area contributed by atoms with Gasteiger partial charge in [0.2, 0.25) is 0 Å². The van der Waals surface area contributed by atoms with Crippen LogP contribution in [0.15, 0.2) is 0 Å². The Hall–Kier alpha value is 0.669. The number of hydrogen-bond acceptors (Lipinski definition) is 1. The van der Waals surface area contributed by atoms with E-state index in [4.69, 9.17) is 9.79 Å². The van der Waals surface area contributed by atoms with Gasteiger partial charge in [0.1, 0.15) is 0 Å². The van der Waals surface area contributed by atoms with E-state index < -0.39 is 7.60 Å². The monoisotopic (exact) mass is 416 g/mol. The summed E-state index contributed by atoms with van der Waals surface area (Å²) in [5.74, 6) is 0. The van der Waals surface area contributed by atoms with Crippen LogP contribution in [0.25, 0.3) is 0 Å². The van der Waals surface area contributed by atoms with E-state index in [-0.39, 0.29) is 23.2 Å². The van der Waals surface area contributed by atoms with E-state index in [1.807, 2.05) is 0 Å². The maximum absolute atomic E-state index is 10.7. The zero-order valence-electron chi connectivity index (χ0n) is 15.3. The van der Waals surface area contributed by atoms with Crippen molar-refractivity contribution >= 4 is 24.7 Å². The molecule has 0 heterocycles. The molecule has 2 N–H and O–H groups in total. The van der Waals surface area contributed by atoms with Gasteiger partial charge < -0.3 is 9.79 Å². The van der Waals surface area contributed by atoms with Crippen molar-refractivity contribution in [2.45, 2.75) is 110 Å². The summed E-state index contributed by atoms with van der Waals surface area (Å²) >= 11 is 0. The van der Waals surface area contributed by atoms with Crippen molar-refractivity contribution < 1.29 is 14.4 Å². The van der Waals surface area contributed by atoms with E-state index in [0.29, 0.717) is 6.42 Å². The Bertz CT molecular complexity index is 269. The van der Waals surface area contributed by atoms with E-state index in [1.54, 1.807) is 0 Å². The molecule has 142 valence electrons. The number of rotatable bonds is 17. The Morgan fingerprint density at radius 2 is 0.826 bits per heavy atom. The van der Waals surface area contributed by atoms with Crippen molar-refractivity contribution in [2.24, 2.45) is 0 Å². The fourth-order valence-corrected chi connectivity index (χ4v) is 3.50. The van der Waals surface area contributed by atoms with Gasteiger partial charge in [-0.3, -0.25) is 4.57 Å². The fourth-order valence-electron chi connectivity index (χ4n) is 2.87. The molecule has 0 rings (SSSR count). The van der Waals surface area contributed by atoms with Crippen molar-refractivity contribution in [3.63, 3.8) is 0 Å². The van der Waals surface area contributed by atoms with Gasteiger partial charge in [-0.2, -0.15) is 0 Å². The van der Waals surface area contributed by atoms with Gasteiger partial charge in [0.25, 0.3) is 0 Å². The summed E-state index contributed by atoms with van der Waals surface area (Å²) in [6, 6.07) is 0. The third-order valence-electron chi connectivity index (χ3n) is 4.30. The second kappa shape index (κ2) is 19.0. The first-order valence-electron chi connectivity index (χ1n) is 9.61. The molecule has 0 aromatic rings. The molecule has 0 spiro atoms. The summed E-state index contributed by atoms with van der Waals surface area (Å²) < 4.78 is 10.7. The summed E-state index contributed by atoms with van der Waals surface area (Å²) in [6.07, 6.45) is 20.6. The van der Waals surface area contributed by atoms with Crippen molar-refractivity contribution in [3.8, 4) is 0 Å². The standard InChI is InChI=1S/C18H39O3P.H2Se/c1-2-3-4-5-6-7-8-9-10-11-12-13-14-15-16-17-18-22(19,20)21;/h2-18H2,1H3,(H2,19,20,21);1H2. The zero-order chi connectivity index (χ0) is 16.5. The normalized spacial score (nSPS) is 11.4. The second-order valence-corrected chi connectivity index (χ2v) is 8.47. The topological polar surface area (TPSA) is 57.5 Å². The minimum absolute atomic E-state index is 0. The molecular formula is C18H41O3PSe. The summed E-state index contributed by atoms with van der Waals surface area (Å²) in [5.41, 5.74) is 0. The van der Waals surface area contributed by atoms with E-state index in [2.05, 4.69) is 6.92 Å². The third kappa shape index (κ3) is 25.0. The van der Waals surface area contributed by atoms with Crippen LogP contribution >= 0.6 is 7.60 Å². The second-order valence-electron chi connectivity index (χ2n) is 6.69. The summed E-state index contributed by atoms with van der Waals surface area (Å²) in [4.78, 5) is 17.5.